The topological polar surface area (TPSA) is 90.4 Å². The van der Waals surface area contributed by atoms with Gasteiger partial charge in [0.05, 0.1) is 18.4 Å². The van der Waals surface area contributed by atoms with Crippen LogP contribution in [0.25, 0.3) is 11.4 Å². The van der Waals surface area contributed by atoms with Crippen molar-refractivity contribution < 1.29 is 19.1 Å². The van der Waals surface area contributed by atoms with Crippen LogP contribution in [0.4, 0.5) is 5.69 Å². The normalized spacial score (nSPS) is 10.3. The Labute approximate surface area is 168 Å². The van der Waals surface area contributed by atoms with Crippen LogP contribution in [0.2, 0.25) is 0 Å². The van der Waals surface area contributed by atoms with Crippen molar-refractivity contribution in [2.24, 2.45) is 0 Å². The Bertz CT molecular complexity index is 1030. The molecular weight excluding hydrogens is 370 g/mol. The Morgan fingerprint density at radius 3 is 2.45 bits per heavy atom. The van der Waals surface area contributed by atoms with E-state index in [1.807, 2.05) is 38.1 Å². The number of ether oxygens (including phenoxy) is 2. The Balaban J connectivity index is 1.70. The molecule has 1 aromatic heterocycles. The van der Waals surface area contributed by atoms with Gasteiger partial charge in [-0.2, -0.15) is 4.98 Å². The summed E-state index contributed by atoms with van der Waals surface area (Å²) < 4.78 is 10.3. The Kier molecular flexibility index (Phi) is 6.19. The van der Waals surface area contributed by atoms with Gasteiger partial charge in [0.15, 0.2) is 12.4 Å². The highest BCUT2D eigenvalue weighted by atomic mass is 16.5. The Morgan fingerprint density at radius 1 is 1.00 bits per heavy atom. The van der Waals surface area contributed by atoms with Gasteiger partial charge < -0.3 is 14.8 Å². The zero-order valence-electron chi connectivity index (χ0n) is 16.4. The first-order valence-corrected chi connectivity index (χ1v) is 8.99. The molecule has 0 radical (unpaired) electrons. The summed E-state index contributed by atoms with van der Waals surface area (Å²) in [5.74, 6) is -0.133. The van der Waals surface area contributed by atoms with E-state index in [2.05, 4.69) is 15.3 Å². The fourth-order valence-electron chi connectivity index (χ4n) is 2.65. The summed E-state index contributed by atoms with van der Waals surface area (Å²) in [5.41, 5.74) is 3.35. The fourth-order valence-corrected chi connectivity index (χ4v) is 2.65. The molecule has 0 atom stereocenters. The van der Waals surface area contributed by atoms with Crippen molar-refractivity contribution in [2.45, 2.75) is 13.8 Å². The number of methoxy groups -OCH3 is 1. The Hall–Kier alpha value is -3.74. The number of hydrogen-bond acceptors (Lipinski definition) is 6. The standard InChI is InChI=1S/C22H21N3O4/c1-14-8-10-16(11-9-14)21-23-15(2)12-20(25-21)29-13-19(26)24-18-7-5-4-6-17(18)22(27)28-3/h4-12H,13H2,1-3H3,(H,24,26). The smallest absolute Gasteiger partial charge is 0.339 e. The maximum absolute atomic E-state index is 12.3. The van der Waals surface area contributed by atoms with Crippen LogP contribution in [0.1, 0.15) is 21.6 Å². The van der Waals surface area contributed by atoms with E-state index in [9.17, 15) is 9.59 Å². The van der Waals surface area contributed by atoms with Crippen molar-refractivity contribution in [1.29, 1.82) is 0 Å². The lowest BCUT2D eigenvalue weighted by Gasteiger charge is -2.11. The van der Waals surface area contributed by atoms with Crippen LogP contribution >= 0.6 is 0 Å². The third-order valence-electron chi connectivity index (χ3n) is 4.10. The molecule has 7 nitrogen and oxygen atoms in total. The third kappa shape index (κ3) is 5.16. The Morgan fingerprint density at radius 2 is 1.72 bits per heavy atom. The number of aromatic nitrogens is 2. The summed E-state index contributed by atoms with van der Waals surface area (Å²) in [7, 11) is 1.28. The average molecular weight is 391 g/mol. The molecule has 0 spiro atoms. The predicted octanol–water partition coefficient (Wildman–Crippen LogP) is 3.56. The van der Waals surface area contributed by atoms with E-state index < -0.39 is 11.9 Å². The molecule has 0 aliphatic carbocycles. The quantitative estimate of drug-likeness (QED) is 0.646. The van der Waals surface area contributed by atoms with E-state index in [0.717, 1.165) is 16.8 Å². The molecule has 3 rings (SSSR count). The number of esters is 1. The van der Waals surface area contributed by atoms with Gasteiger partial charge in [-0.05, 0) is 26.0 Å². The number of nitrogens with zero attached hydrogens (tertiary/aromatic N) is 2. The van der Waals surface area contributed by atoms with Crippen LogP contribution in [-0.2, 0) is 9.53 Å². The highest BCUT2D eigenvalue weighted by Gasteiger charge is 2.14. The molecule has 0 aliphatic heterocycles. The van der Waals surface area contributed by atoms with Gasteiger partial charge in [0.2, 0.25) is 5.88 Å². The van der Waals surface area contributed by atoms with Crippen LogP contribution < -0.4 is 10.1 Å². The number of nitrogens with one attached hydrogen (secondary N) is 1. The number of amides is 1. The number of carbonyl (C=O) groups excluding carboxylic acids is 2. The lowest BCUT2D eigenvalue weighted by atomic mass is 10.1. The molecule has 3 aromatic rings. The second-order valence-electron chi connectivity index (χ2n) is 6.41. The van der Waals surface area contributed by atoms with Crippen molar-refractivity contribution in [2.75, 3.05) is 19.0 Å². The molecule has 0 aliphatic rings. The third-order valence-corrected chi connectivity index (χ3v) is 4.10. The molecule has 1 amide bonds. The summed E-state index contributed by atoms with van der Waals surface area (Å²) >= 11 is 0. The van der Waals surface area contributed by atoms with Crippen molar-refractivity contribution in [3.8, 4) is 17.3 Å². The summed E-state index contributed by atoms with van der Waals surface area (Å²) in [4.78, 5) is 32.9. The summed E-state index contributed by atoms with van der Waals surface area (Å²) in [6, 6.07) is 16.1. The highest BCUT2D eigenvalue weighted by Crippen LogP contribution is 2.20. The average Bonchev–Trinajstić information content (AvgIpc) is 2.72. The van der Waals surface area contributed by atoms with E-state index in [0.29, 0.717) is 17.4 Å². The molecule has 0 unspecified atom stereocenters. The number of aryl methyl sites for hydroxylation is 2. The first-order chi connectivity index (χ1) is 14.0. The maximum atomic E-state index is 12.3. The largest absolute Gasteiger partial charge is 0.467 e. The van der Waals surface area contributed by atoms with Gasteiger partial charge in [-0.15, -0.1) is 0 Å². The molecule has 7 heteroatoms. The van der Waals surface area contributed by atoms with Crippen molar-refractivity contribution in [3.05, 3.63) is 71.4 Å². The zero-order valence-corrected chi connectivity index (χ0v) is 16.4. The molecular formula is C22H21N3O4. The number of para-hydroxylation sites is 1. The summed E-state index contributed by atoms with van der Waals surface area (Å²) in [6.07, 6.45) is 0. The van der Waals surface area contributed by atoms with E-state index >= 15 is 0 Å². The summed E-state index contributed by atoms with van der Waals surface area (Å²) in [5, 5.41) is 2.65. The van der Waals surface area contributed by atoms with E-state index in [4.69, 9.17) is 9.47 Å². The van der Waals surface area contributed by atoms with Gasteiger partial charge in [0.25, 0.3) is 5.91 Å². The number of benzene rings is 2. The molecule has 29 heavy (non-hydrogen) atoms. The van der Waals surface area contributed by atoms with E-state index in [1.165, 1.54) is 7.11 Å². The summed E-state index contributed by atoms with van der Waals surface area (Å²) in [6.45, 7) is 3.57. The van der Waals surface area contributed by atoms with Crippen molar-refractivity contribution in [1.82, 2.24) is 9.97 Å². The molecule has 0 fully saturated rings. The van der Waals surface area contributed by atoms with Gasteiger partial charge in [-0.1, -0.05) is 42.0 Å². The van der Waals surface area contributed by atoms with E-state index in [1.54, 1.807) is 30.3 Å². The van der Waals surface area contributed by atoms with Gasteiger partial charge in [0.1, 0.15) is 0 Å². The lowest BCUT2D eigenvalue weighted by Crippen LogP contribution is -2.22. The fraction of sp³-hybridized carbons (Fsp3) is 0.182. The number of carbonyl (C=O) groups is 2. The van der Waals surface area contributed by atoms with Crippen molar-refractivity contribution in [3.63, 3.8) is 0 Å². The van der Waals surface area contributed by atoms with E-state index in [-0.39, 0.29) is 12.2 Å². The monoisotopic (exact) mass is 391 g/mol. The first-order valence-electron chi connectivity index (χ1n) is 8.99. The molecule has 0 saturated carbocycles. The SMILES string of the molecule is COC(=O)c1ccccc1NC(=O)COc1cc(C)nc(-c2ccc(C)cc2)n1. The minimum absolute atomic E-state index is 0.265. The van der Waals surface area contributed by atoms with Gasteiger partial charge >= 0.3 is 5.97 Å². The number of anilines is 1. The lowest BCUT2D eigenvalue weighted by molar-refractivity contribution is -0.118. The predicted molar refractivity (Wildman–Crippen MR) is 109 cm³/mol. The first kappa shape index (κ1) is 20.0. The van der Waals surface area contributed by atoms with Crippen LogP contribution in [0.5, 0.6) is 5.88 Å². The molecule has 148 valence electrons. The highest BCUT2D eigenvalue weighted by molar-refractivity contribution is 6.01. The number of rotatable bonds is 6. The molecule has 0 bridgehead atoms. The minimum atomic E-state index is -0.531. The minimum Gasteiger partial charge on any atom is -0.467 e. The van der Waals surface area contributed by atoms with Crippen LogP contribution in [0, 0.1) is 13.8 Å². The van der Waals surface area contributed by atoms with Crippen molar-refractivity contribution >= 4 is 17.6 Å². The maximum Gasteiger partial charge on any atom is 0.339 e. The molecule has 1 heterocycles. The molecule has 0 saturated heterocycles. The molecule has 1 N–H and O–H groups in total. The van der Waals surface area contributed by atoms with Gasteiger partial charge in [-0.25, -0.2) is 9.78 Å². The number of hydrogen-bond donors (Lipinski definition) is 1. The zero-order chi connectivity index (χ0) is 20.8. The van der Waals surface area contributed by atoms with Crippen LogP contribution in [-0.4, -0.2) is 35.6 Å². The second kappa shape index (κ2) is 8.97. The van der Waals surface area contributed by atoms with Gasteiger partial charge in [0, 0.05) is 17.3 Å². The molecule has 2 aromatic carbocycles. The van der Waals surface area contributed by atoms with Crippen LogP contribution in [0.3, 0.4) is 0 Å². The van der Waals surface area contributed by atoms with Gasteiger partial charge in [-0.3, -0.25) is 4.79 Å². The second-order valence-corrected chi connectivity index (χ2v) is 6.41. The van der Waals surface area contributed by atoms with Crippen LogP contribution in [0.15, 0.2) is 54.6 Å².